The number of aromatic nitrogens is 6. The maximum atomic E-state index is 12.7. The van der Waals surface area contributed by atoms with E-state index in [0.717, 1.165) is 41.0 Å². The number of rotatable bonds is 10. The van der Waals surface area contributed by atoms with Gasteiger partial charge in [-0.15, -0.1) is 28.1 Å². The molecular weight excluding hydrogens is 503 g/mol. The second kappa shape index (κ2) is 10.8. The number of carbonyl (C=O) groups excluding carboxylic acids is 1. The summed E-state index contributed by atoms with van der Waals surface area (Å²) in [5.41, 5.74) is 1.90. The summed E-state index contributed by atoms with van der Waals surface area (Å²) in [6.07, 6.45) is 6.56. The Morgan fingerprint density at radius 1 is 1.29 bits per heavy atom. The third-order valence-electron chi connectivity index (χ3n) is 5.52. The number of nitrogens with one attached hydrogen (secondary N) is 2. The lowest BCUT2D eigenvalue weighted by Crippen LogP contribution is -2.25. The van der Waals surface area contributed by atoms with Crippen molar-refractivity contribution in [2.75, 3.05) is 5.75 Å². The van der Waals surface area contributed by atoms with Crippen molar-refractivity contribution in [1.82, 2.24) is 35.0 Å². The van der Waals surface area contributed by atoms with Crippen molar-refractivity contribution >= 4 is 51.0 Å². The topological polar surface area (TPSA) is 118 Å². The second-order valence-corrected chi connectivity index (χ2v) is 10.9. The van der Waals surface area contributed by atoms with Crippen molar-refractivity contribution in [3.8, 4) is 0 Å². The highest BCUT2D eigenvalue weighted by atomic mass is 32.2. The Bertz CT molecular complexity index is 1430. The number of aryl methyl sites for hydroxylation is 2. The first-order valence-electron chi connectivity index (χ1n) is 11.1. The van der Waals surface area contributed by atoms with E-state index in [9.17, 15) is 9.59 Å². The molecule has 35 heavy (non-hydrogen) atoms. The van der Waals surface area contributed by atoms with E-state index in [1.54, 1.807) is 23.6 Å². The largest absolute Gasteiger partial charge is 0.350 e. The zero-order valence-corrected chi connectivity index (χ0v) is 21.3. The van der Waals surface area contributed by atoms with Crippen LogP contribution in [0.5, 0.6) is 0 Å². The molecule has 0 spiro atoms. The number of nitrogens with zero attached hydrogens (tertiary/aromatic N) is 5. The second-order valence-electron chi connectivity index (χ2n) is 7.88. The van der Waals surface area contributed by atoms with Crippen LogP contribution in [-0.2, 0) is 36.5 Å². The molecule has 0 saturated heterocycles. The van der Waals surface area contributed by atoms with E-state index in [4.69, 9.17) is 0 Å². The van der Waals surface area contributed by atoms with Crippen LogP contribution in [0.3, 0.4) is 0 Å². The molecule has 1 aliphatic carbocycles. The molecule has 0 radical (unpaired) electrons. The fourth-order valence-corrected chi connectivity index (χ4v) is 6.82. The molecule has 1 amide bonds. The predicted octanol–water partition coefficient (Wildman–Crippen LogP) is 3.35. The number of pyridine rings is 1. The number of hydrogen-bond donors (Lipinski definition) is 2. The normalized spacial score (nSPS) is 12.7. The van der Waals surface area contributed by atoms with Crippen LogP contribution in [0, 0.1) is 0 Å². The fourth-order valence-electron chi connectivity index (χ4n) is 3.90. The lowest BCUT2D eigenvalue weighted by Gasteiger charge is -2.08. The molecule has 5 rings (SSSR count). The Kier molecular flexibility index (Phi) is 7.30. The molecule has 0 aromatic carbocycles. The molecule has 12 heteroatoms. The standard InChI is InChI=1S/C23H23N7O2S3/c1-2-10-30-17(28-29-23(30)34-13-18(31)25-11-14-6-3-4-9-24-14)12-33-22-26-20(32)19-15-7-5-8-16(15)35-21(19)27-22/h2-4,6,9H,1,5,7-8,10-13H2,(H,25,31)(H,26,27,32). The fraction of sp³-hybridized carbons (Fsp3) is 0.304. The van der Waals surface area contributed by atoms with Crippen molar-refractivity contribution in [3.63, 3.8) is 0 Å². The molecule has 4 heterocycles. The van der Waals surface area contributed by atoms with E-state index < -0.39 is 0 Å². The van der Waals surface area contributed by atoms with Gasteiger partial charge in [-0.05, 0) is 37.0 Å². The summed E-state index contributed by atoms with van der Waals surface area (Å²) >= 11 is 4.36. The molecule has 2 N–H and O–H groups in total. The van der Waals surface area contributed by atoms with Gasteiger partial charge in [-0.1, -0.05) is 35.7 Å². The third kappa shape index (κ3) is 5.34. The Morgan fingerprint density at radius 2 is 2.20 bits per heavy atom. The number of thioether (sulfide) groups is 2. The van der Waals surface area contributed by atoms with Gasteiger partial charge < -0.3 is 14.9 Å². The monoisotopic (exact) mass is 525 g/mol. The summed E-state index contributed by atoms with van der Waals surface area (Å²) in [5, 5.41) is 13.4. The van der Waals surface area contributed by atoms with Crippen molar-refractivity contribution in [1.29, 1.82) is 0 Å². The first-order valence-corrected chi connectivity index (χ1v) is 13.9. The molecule has 1 aliphatic rings. The number of hydrogen-bond acceptors (Lipinski definition) is 9. The van der Waals surface area contributed by atoms with Crippen LogP contribution in [0.4, 0.5) is 0 Å². The van der Waals surface area contributed by atoms with Gasteiger partial charge in [-0.25, -0.2) is 4.98 Å². The number of fused-ring (bicyclic) bond motifs is 3. The van der Waals surface area contributed by atoms with Gasteiger partial charge in [-0.2, -0.15) is 0 Å². The molecule has 0 unspecified atom stereocenters. The minimum atomic E-state index is -0.109. The van der Waals surface area contributed by atoms with Crippen molar-refractivity contribution in [3.05, 3.63) is 69.4 Å². The highest BCUT2D eigenvalue weighted by Crippen LogP contribution is 2.35. The summed E-state index contributed by atoms with van der Waals surface area (Å²) < 4.78 is 1.92. The van der Waals surface area contributed by atoms with E-state index >= 15 is 0 Å². The molecule has 0 fully saturated rings. The predicted molar refractivity (Wildman–Crippen MR) is 139 cm³/mol. The minimum Gasteiger partial charge on any atom is -0.350 e. The molecule has 4 aromatic rings. The maximum Gasteiger partial charge on any atom is 0.260 e. The average Bonchev–Trinajstić information content (AvgIpc) is 3.56. The molecule has 0 aliphatic heterocycles. The van der Waals surface area contributed by atoms with E-state index in [1.807, 2.05) is 22.8 Å². The summed E-state index contributed by atoms with van der Waals surface area (Å²) in [6, 6.07) is 5.59. The van der Waals surface area contributed by atoms with Crippen molar-refractivity contribution < 1.29 is 4.79 Å². The Labute approximate surface area is 213 Å². The van der Waals surface area contributed by atoms with Gasteiger partial charge in [0.1, 0.15) is 10.7 Å². The van der Waals surface area contributed by atoms with E-state index in [-0.39, 0.29) is 17.2 Å². The zero-order chi connectivity index (χ0) is 24.2. The lowest BCUT2D eigenvalue weighted by atomic mass is 10.2. The van der Waals surface area contributed by atoms with Gasteiger partial charge in [0.25, 0.3) is 5.56 Å². The van der Waals surface area contributed by atoms with E-state index in [1.165, 1.54) is 34.0 Å². The summed E-state index contributed by atoms with van der Waals surface area (Å²) in [7, 11) is 0. The van der Waals surface area contributed by atoms with Crippen LogP contribution >= 0.6 is 34.9 Å². The summed E-state index contributed by atoms with van der Waals surface area (Å²) in [6.45, 7) is 4.72. The molecule has 4 aromatic heterocycles. The Hall–Kier alpha value is -2.96. The van der Waals surface area contributed by atoms with Gasteiger partial charge in [0.2, 0.25) is 5.91 Å². The summed E-state index contributed by atoms with van der Waals surface area (Å²) in [4.78, 5) is 38.9. The van der Waals surface area contributed by atoms with Crippen LogP contribution in [0.1, 0.15) is 28.4 Å². The summed E-state index contributed by atoms with van der Waals surface area (Å²) in [5.74, 6) is 1.31. The maximum absolute atomic E-state index is 12.7. The van der Waals surface area contributed by atoms with Gasteiger partial charge in [0.15, 0.2) is 10.3 Å². The lowest BCUT2D eigenvalue weighted by molar-refractivity contribution is -0.118. The molecule has 0 atom stereocenters. The molecular formula is C23H23N7O2S3. The van der Waals surface area contributed by atoms with Crippen molar-refractivity contribution in [2.45, 2.75) is 48.4 Å². The smallest absolute Gasteiger partial charge is 0.260 e. The molecule has 0 saturated carbocycles. The van der Waals surface area contributed by atoms with Gasteiger partial charge in [0.05, 0.1) is 29.1 Å². The SMILES string of the molecule is C=CCn1c(CSc2nc3sc4c(c3c(=O)[nH]2)CCC4)nnc1SCC(=O)NCc1ccccn1. The first-order chi connectivity index (χ1) is 17.1. The van der Waals surface area contributed by atoms with E-state index in [0.29, 0.717) is 29.2 Å². The Balaban J connectivity index is 1.23. The van der Waals surface area contributed by atoms with Gasteiger partial charge in [0, 0.05) is 17.6 Å². The van der Waals surface area contributed by atoms with Crippen LogP contribution in [0.15, 0.2) is 52.2 Å². The van der Waals surface area contributed by atoms with Gasteiger partial charge >= 0.3 is 0 Å². The third-order valence-corrected chi connectivity index (χ3v) is 8.54. The van der Waals surface area contributed by atoms with Crippen LogP contribution < -0.4 is 10.9 Å². The quantitative estimate of drug-likeness (QED) is 0.184. The highest BCUT2D eigenvalue weighted by Gasteiger charge is 2.21. The van der Waals surface area contributed by atoms with Crippen LogP contribution in [0.25, 0.3) is 10.2 Å². The number of carbonyl (C=O) groups is 1. The Morgan fingerprint density at radius 3 is 3.03 bits per heavy atom. The number of allylic oxidation sites excluding steroid dienone is 1. The van der Waals surface area contributed by atoms with Crippen molar-refractivity contribution in [2.24, 2.45) is 0 Å². The highest BCUT2D eigenvalue weighted by molar-refractivity contribution is 7.99. The number of amides is 1. The van der Waals surface area contributed by atoms with Crippen LogP contribution in [0.2, 0.25) is 0 Å². The number of thiophene rings is 1. The molecule has 0 bridgehead atoms. The minimum absolute atomic E-state index is 0.0718. The first kappa shape index (κ1) is 23.8. The zero-order valence-electron chi connectivity index (χ0n) is 18.8. The molecule has 9 nitrogen and oxygen atoms in total. The van der Waals surface area contributed by atoms with E-state index in [2.05, 4.69) is 37.0 Å². The van der Waals surface area contributed by atoms with Crippen LogP contribution in [-0.4, -0.2) is 41.4 Å². The molecule has 180 valence electrons. The number of aromatic amines is 1. The number of H-pyrrole nitrogens is 1. The average molecular weight is 526 g/mol. The van der Waals surface area contributed by atoms with Gasteiger partial charge in [-0.3, -0.25) is 14.6 Å².